The maximum atomic E-state index is 9.96. The fourth-order valence-corrected chi connectivity index (χ4v) is 0.483. The molecule has 0 rings (SSSR count). The molecule has 0 aliphatic rings. The van der Waals surface area contributed by atoms with Gasteiger partial charge in [0, 0.05) is 0 Å². The molecule has 0 aromatic rings. The van der Waals surface area contributed by atoms with Crippen molar-refractivity contribution in [3.8, 4) is 0 Å². The Hall–Kier alpha value is 0.420. The molecule has 0 fully saturated rings. The van der Waals surface area contributed by atoms with E-state index in [-0.39, 0.29) is 29.6 Å². The summed E-state index contributed by atoms with van der Waals surface area (Å²) >= 11 is 0. The number of amides is 1. The van der Waals surface area contributed by atoms with Crippen molar-refractivity contribution >= 4 is 13.8 Å². The Labute approximate surface area is 79.5 Å². The molecule has 10 heavy (non-hydrogen) atoms. The van der Waals surface area contributed by atoms with Gasteiger partial charge in [-0.15, -0.1) is 0 Å². The van der Waals surface area contributed by atoms with Crippen LogP contribution in [0.4, 0.5) is 4.79 Å². The van der Waals surface area contributed by atoms with Gasteiger partial charge in [0.15, 0.2) is 0 Å². The average Bonchev–Trinajstić information content (AvgIpc) is 1.62. The van der Waals surface area contributed by atoms with E-state index >= 15 is 0 Å². The monoisotopic (exact) mass is 177 g/mol. The van der Waals surface area contributed by atoms with Crippen LogP contribution in [0.15, 0.2) is 0 Å². The number of hydrogen-bond donors (Lipinski definition) is 2. The molecule has 1 atom stereocenters. The van der Waals surface area contributed by atoms with Gasteiger partial charge in [-0.3, -0.25) is 9.65 Å². The molecule has 6 nitrogen and oxygen atoms in total. The smallest absolute Gasteiger partial charge is 0.762 e. The third-order valence-electron chi connectivity index (χ3n) is 0.418. The Kier molecular flexibility index (Phi) is 6.68. The van der Waals surface area contributed by atoms with E-state index in [1.807, 2.05) is 0 Å². The van der Waals surface area contributed by atoms with Crippen LogP contribution in [0, 0.1) is 0 Å². The third kappa shape index (κ3) is 8.42. The Morgan fingerprint density at radius 3 is 2.30 bits per heavy atom. The molecule has 8 heteroatoms. The van der Waals surface area contributed by atoms with Crippen molar-refractivity contribution in [1.82, 2.24) is 5.09 Å². The molecule has 1 unspecified atom stereocenters. The summed E-state index contributed by atoms with van der Waals surface area (Å²) in [4.78, 5) is 27.6. The molecule has 0 saturated heterocycles. The molecule has 0 aromatic carbocycles. The Morgan fingerprint density at radius 2 is 2.20 bits per heavy atom. The molecule has 0 saturated carbocycles. The standard InChI is InChI=1S/C2H6NO5P.Na/c1-8-2(4)3-9(5,6)7;/h1H3,(H3,3,4,5,6,7);/q;+1/p-1. The van der Waals surface area contributed by atoms with Gasteiger partial charge in [0.05, 0.1) is 7.11 Å². The molecule has 0 bridgehead atoms. The zero-order valence-corrected chi connectivity index (χ0v) is 8.42. The zero-order valence-electron chi connectivity index (χ0n) is 5.53. The number of nitrogens with one attached hydrogen (secondary N) is 1. The minimum Gasteiger partial charge on any atom is -0.762 e. The Bertz CT molecular complexity index is 154. The second-order valence-corrected chi connectivity index (χ2v) is 2.39. The predicted octanol–water partition coefficient (Wildman–Crippen LogP) is -4.19. The van der Waals surface area contributed by atoms with E-state index in [2.05, 4.69) is 4.74 Å². The van der Waals surface area contributed by atoms with Crippen LogP contribution in [0.25, 0.3) is 0 Å². The van der Waals surface area contributed by atoms with Crippen molar-refractivity contribution in [3.63, 3.8) is 0 Å². The summed E-state index contributed by atoms with van der Waals surface area (Å²) in [6.07, 6.45) is -1.21. The summed E-state index contributed by atoms with van der Waals surface area (Å²) in [6.45, 7) is 0. The van der Waals surface area contributed by atoms with Gasteiger partial charge in [0.25, 0.3) is 0 Å². The molecule has 0 aliphatic carbocycles. The number of hydrogen-bond acceptors (Lipinski definition) is 4. The second-order valence-electron chi connectivity index (χ2n) is 1.12. The summed E-state index contributed by atoms with van der Waals surface area (Å²) in [5, 5.41) is 1.16. The van der Waals surface area contributed by atoms with Crippen molar-refractivity contribution < 1.29 is 53.4 Å². The van der Waals surface area contributed by atoms with Gasteiger partial charge in [-0.1, -0.05) is 0 Å². The van der Waals surface area contributed by atoms with Crippen LogP contribution in [0.3, 0.4) is 0 Å². The SMILES string of the molecule is COC(=O)NP(=O)([O-])O.[Na+]. The van der Waals surface area contributed by atoms with Crippen LogP contribution >= 0.6 is 7.75 Å². The number of rotatable bonds is 1. The molecular formula is C2H5NNaO5P. The van der Waals surface area contributed by atoms with Gasteiger partial charge in [-0.05, 0) is 0 Å². The number of carbonyl (C=O) groups is 1. The second kappa shape index (κ2) is 5.12. The molecule has 54 valence electrons. The van der Waals surface area contributed by atoms with E-state index in [1.165, 1.54) is 0 Å². The molecule has 0 spiro atoms. The van der Waals surface area contributed by atoms with E-state index in [1.54, 1.807) is 0 Å². The van der Waals surface area contributed by atoms with Crippen molar-refractivity contribution in [3.05, 3.63) is 0 Å². The van der Waals surface area contributed by atoms with Crippen LogP contribution in [0.5, 0.6) is 0 Å². The number of carbonyl (C=O) groups excluding carboxylic acids is 1. The van der Waals surface area contributed by atoms with Crippen molar-refractivity contribution in [1.29, 1.82) is 0 Å². The van der Waals surface area contributed by atoms with E-state index in [0.717, 1.165) is 12.2 Å². The molecule has 0 heterocycles. The summed E-state index contributed by atoms with van der Waals surface area (Å²) in [5.41, 5.74) is 0. The third-order valence-corrected chi connectivity index (χ3v) is 0.883. The van der Waals surface area contributed by atoms with Gasteiger partial charge < -0.3 is 14.5 Å². The van der Waals surface area contributed by atoms with Gasteiger partial charge in [-0.25, -0.2) is 4.79 Å². The van der Waals surface area contributed by atoms with E-state index < -0.39 is 13.8 Å². The number of methoxy groups -OCH3 is 1. The van der Waals surface area contributed by atoms with Crippen LogP contribution in [0.2, 0.25) is 0 Å². The predicted molar refractivity (Wildman–Crippen MR) is 25.4 cm³/mol. The average molecular weight is 177 g/mol. The summed E-state index contributed by atoms with van der Waals surface area (Å²) in [6, 6.07) is 0. The normalized spacial score (nSPS) is 14.3. The summed E-state index contributed by atoms with van der Waals surface area (Å²) < 4.78 is 13.6. The first kappa shape index (κ1) is 13.0. The fraction of sp³-hybridized carbons (Fsp3) is 0.500. The maximum absolute atomic E-state index is 9.96. The van der Waals surface area contributed by atoms with Gasteiger partial charge >= 0.3 is 35.7 Å². The Balaban J connectivity index is 0. The fourth-order valence-electron chi connectivity index (χ4n) is 0.161. The van der Waals surface area contributed by atoms with Crippen LogP contribution in [0.1, 0.15) is 0 Å². The first-order valence-corrected chi connectivity index (χ1v) is 3.43. The molecule has 0 aliphatic heterocycles. The minimum atomic E-state index is -4.71. The summed E-state index contributed by atoms with van der Waals surface area (Å²) in [7, 11) is -3.74. The van der Waals surface area contributed by atoms with Crippen molar-refractivity contribution in [2.45, 2.75) is 0 Å². The molecule has 0 aromatic heterocycles. The molecule has 1 amide bonds. The molecular weight excluding hydrogens is 172 g/mol. The Morgan fingerprint density at radius 1 is 1.80 bits per heavy atom. The first-order valence-electron chi connectivity index (χ1n) is 1.86. The first-order chi connectivity index (χ1) is 3.95. The largest absolute Gasteiger partial charge is 1.00 e. The molecule has 2 N–H and O–H groups in total. The minimum absolute atomic E-state index is 0. The van der Waals surface area contributed by atoms with Gasteiger partial charge in [0.2, 0.25) is 7.75 Å². The van der Waals surface area contributed by atoms with Crippen LogP contribution in [-0.2, 0) is 9.30 Å². The van der Waals surface area contributed by atoms with E-state index in [4.69, 9.17) is 4.89 Å². The number of ether oxygens (including phenoxy) is 1. The maximum Gasteiger partial charge on any atom is 1.00 e. The van der Waals surface area contributed by atoms with Crippen molar-refractivity contribution in [2.24, 2.45) is 0 Å². The van der Waals surface area contributed by atoms with Crippen LogP contribution in [-0.4, -0.2) is 18.1 Å². The van der Waals surface area contributed by atoms with Crippen LogP contribution < -0.4 is 39.5 Å². The van der Waals surface area contributed by atoms with Gasteiger partial charge in [-0.2, -0.15) is 0 Å². The molecule has 0 radical (unpaired) electrons. The zero-order chi connectivity index (χ0) is 7.49. The van der Waals surface area contributed by atoms with Gasteiger partial charge in [0.1, 0.15) is 0 Å². The van der Waals surface area contributed by atoms with E-state index in [0.29, 0.717) is 0 Å². The summed E-state index contributed by atoms with van der Waals surface area (Å²) in [5.74, 6) is 0. The van der Waals surface area contributed by atoms with E-state index in [9.17, 15) is 14.3 Å². The topological polar surface area (TPSA) is 98.7 Å². The van der Waals surface area contributed by atoms with Crippen molar-refractivity contribution in [2.75, 3.05) is 7.11 Å². The quantitative estimate of drug-likeness (QED) is 0.312.